The van der Waals surface area contributed by atoms with Crippen molar-refractivity contribution in [1.29, 1.82) is 5.26 Å². The Morgan fingerprint density at radius 3 is 2.58 bits per heavy atom. The number of nitrogens with zero attached hydrogens (tertiary/aromatic N) is 1. The molecular formula is C23H25N3O5. The van der Waals surface area contributed by atoms with E-state index < -0.39 is 29.4 Å². The molecule has 1 heterocycles. The Kier molecular flexibility index (Phi) is 6.75. The first-order chi connectivity index (χ1) is 14.8. The summed E-state index contributed by atoms with van der Waals surface area (Å²) < 4.78 is 10.4. The number of furan rings is 1. The molecule has 1 aliphatic rings. The zero-order valence-corrected chi connectivity index (χ0v) is 17.6. The van der Waals surface area contributed by atoms with Crippen molar-refractivity contribution in [3.63, 3.8) is 0 Å². The van der Waals surface area contributed by atoms with Crippen molar-refractivity contribution in [1.82, 2.24) is 5.32 Å². The second-order valence-corrected chi connectivity index (χ2v) is 7.75. The molecule has 0 saturated heterocycles. The van der Waals surface area contributed by atoms with E-state index in [-0.39, 0.29) is 11.3 Å². The molecule has 2 amide bonds. The molecule has 31 heavy (non-hydrogen) atoms. The van der Waals surface area contributed by atoms with Gasteiger partial charge in [-0.05, 0) is 56.5 Å². The lowest BCUT2D eigenvalue weighted by Crippen LogP contribution is -2.52. The number of aryl methyl sites for hydroxylation is 1. The van der Waals surface area contributed by atoms with Crippen LogP contribution >= 0.6 is 0 Å². The van der Waals surface area contributed by atoms with E-state index in [0.29, 0.717) is 18.5 Å². The Bertz CT molecular complexity index is 1000. The maximum atomic E-state index is 12.6. The molecule has 2 aromatic rings. The third kappa shape index (κ3) is 5.31. The van der Waals surface area contributed by atoms with Gasteiger partial charge >= 0.3 is 5.97 Å². The summed E-state index contributed by atoms with van der Waals surface area (Å²) in [6.07, 6.45) is 4.29. The van der Waals surface area contributed by atoms with Crippen LogP contribution in [0.2, 0.25) is 0 Å². The molecule has 1 atom stereocenters. The minimum absolute atomic E-state index is 0.145. The first-order valence-corrected chi connectivity index (χ1v) is 10.2. The molecule has 0 spiro atoms. The van der Waals surface area contributed by atoms with Gasteiger partial charge in [0.25, 0.3) is 11.8 Å². The third-order valence-corrected chi connectivity index (χ3v) is 5.40. The normalized spacial score (nSPS) is 15.9. The summed E-state index contributed by atoms with van der Waals surface area (Å²) in [6.45, 7) is 3.25. The van der Waals surface area contributed by atoms with Gasteiger partial charge in [0.1, 0.15) is 5.54 Å². The van der Waals surface area contributed by atoms with Crippen molar-refractivity contribution < 1.29 is 23.5 Å². The fraction of sp³-hybridized carbons (Fsp3) is 0.391. The molecule has 1 aliphatic carbocycles. The van der Waals surface area contributed by atoms with Crippen molar-refractivity contribution in [3.8, 4) is 6.07 Å². The summed E-state index contributed by atoms with van der Waals surface area (Å²) in [5.74, 6) is -1.51. The van der Waals surface area contributed by atoms with Crippen molar-refractivity contribution in [2.45, 2.75) is 57.6 Å². The van der Waals surface area contributed by atoms with Crippen molar-refractivity contribution in [3.05, 3.63) is 53.5 Å². The van der Waals surface area contributed by atoms with Crippen LogP contribution in [-0.4, -0.2) is 29.4 Å². The van der Waals surface area contributed by atoms with E-state index in [1.807, 2.05) is 0 Å². The molecule has 1 fully saturated rings. The molecule has 0 bridgehead atoms. The molecule has 1 aromatic heterocycles. The van der Waals surface area contributed by atoms with Gasteiger partial charge < -0.3 is 19.8 Å². The van der Waals surface area contributed by atoms with Gasteiger partial charge in [0.15, 0.2) is 11.9 Å². The van der Waals surface area contributed by atoms with Gasteiger partial charge in [0.05, 0.1) is 17.9 Å². The van der Waals surface area contributed by atoms with Crippen molar-refractivity contribution in [2.75, 3.05) is 5.32 Å². The Morgan fingerprint density at radius 1 is 1.19 bits per heavy atom. The van der Waals surface area contributed by atoms with E-state index in [9.17, 15) is 19.6 Å². The SMILES string of the molecule is Cc1ccc(C(=O)OC(C)C(=O)NC2(C#N)CCCCC2)cc1NC(=O)c1ccco1. The van der Waals surface area contributed by atoms with Crippen LogP contribution in [0.4, 0.5) is 5.69 Å². The summed E-state index contributed by atoms with van der Waals surface area (Å²) in [4.78, 5) is 37.3. The van der Waals surface area contributed by atoms with Crippen LogP contribution in [0.15, 0.2) is 41.0 Å². The Morgan fingerprint density at radius 2 is 1.94 bits per heavy atom. The lowest BCUT2D eigenvalue weighted by atomic mass is 9.83. The number of ether oxygens (including phenoxy) is 1. The van der Waals surface area contributed by atoms with Crippen molar-refractivity contribution >= 4 is 23.5 Å². The number of hydrogen-bond donors (Lipinski definition) is 2. The number of esters is 1. The number of amides is 2. The molecule has 0 aliphatic heterocycles. The van der Waals surface area contributed by atoms with Crippen LogP contribution in [0.1, 0.15) is 65.5 Å². The number of anilines is 1. The van der Waals surface area contributed by atoms with Crippen molar-refractivity contribution in [2.24, 2.45) is 0 Å². The highest BCUT2D eigenvalue weighted by atomic mass is 16.5. The fourth-order valence-corrected chi connectivity index (χ4v) is 3.51. The zero-order chi connectivity index (χ0) is 22.4. The van der Waals surface area contributed by atoms with E-state index in [0.717, 1.165) is 24.8 Å². The predicted octanol–water partition coefficient (Wildman–Crippen LogP) is 3.73. The molecule has 3 rings (SSSR count). The van der Waals surface area contributed by atoms with Gasteiger partial charge in [-0.15, -0.1) is 0 Å². The van der Waals surface area contributed by atoms with E-state index in [2.05, 4.69) is 16.7 Å². The molecule has 1 unspecified atom stereocenters. The standard InChI is InChI=1S/C23H25N3O5/c1-15-8-9-17(13-18(15)25-21(28)19-7-6-12-30-19)22(29)31-16(2)20(27)26-23(14-24)10-4-3-5-11-23/h6-9,12-13,16H,3-5,10-11H2,1-2H3,(H,25,28)(H,26,27). The van der Waals surface area contributed by atoms with E-state index >= 15 is 0 Å². The van der Waals surface area contributed by atoms with Gasteiger partial charge in [0.2, 0.25) is 0 Å². The summed E-state index contributed by atoms with van der Waals surface area (Å²) in [5, 5.41) is 15.0. The molecule has 0 radical (unpaired) electrons. The van der Waals surface area contributed by atoms with E-state index in [4.69, 9.17) is 9.15 Å². The minimum atomic E-state index is -1.07. The number of rotatable bonds is 6. The number of hydrogen-bond acceptors (Lipinski definition) is 6. The summed E-state index contributed by atoms with van der Waals surface area (Å²) in [7, 11) is 0. The summed E-state index contributed by atoms with van der Waals surface area (Å²) in [5.41, 5.74) is 0.463. The second kappa shape index (κ2) is 9.47. The second-order valence-electron chi connectivity index (χ2n) is 7.75. The van der Waals surface area contributed by atoms with Crippen LogP contribution in [0.5, 0.6) is 0 Å². The molecule has 8 heteroatoms. The average molecular weight is 423 g/mol. The highest BCUT2D eigenvalue weighted by Crippen LogP contribution is 2.27. The smallest absolute Gasteiger partial charge is 0.338 e. The van der Waals surface area contributed by atoms with E-state index in [1.54, 1.807) is 25.1 Å². The van der Waals surface area contributed by atoms with Gasteiger partial charge in [-0.3, -0.25) is 9.59 Å². The lowest BCUT2D eigenvalue weighted by Gasteiger charge is -2.32. The molecular weight excluding hydrogens is 398 g/mol. The van der Waals surface area contributed by atoms with Crippen LogP contribution in [0, 0.1) is 18.3 Å². The maximum absolute atomic E-state index is 12.6. The Labute approximate surface area is 180 Å². The van der Waals surface area contributed by atoms with Crippen LogP contribution in [-0.2, 0) is 9.53 Å². The first-order valence-electron chi connectivity index (χ1n) is 10.2. The largest absolute Gasteiger partial charge is 0.459 e. The topological polar surface area (TPSA) is 121 Å². The van der Waals surface area contributed by atoms with Gasteiger partial charge in [-0.1, -0.05) is 25.3 Å². The quantitative estimate of drug-likeness (QED) is 0.683. The van der Waals surface area contributed by atoms with Crippen LogP contribution in [0.3, 0.4) is 0 Å². The molecule has 8 nitrogen and oxygen atoms in total. The van der Waals surface area contributed by atoms with Gasteiger partial charge in [0, 0.05) is 5.69 Å². The van der Waals surface area contributed by atoms with Gasteiger partial charge in [-0.2, -0.15) is 5.26 Å². The molecule has 2 N–H and O–H groups in total. The predicted molar refractivity (Wildman–Crippen MR) is 112 cm³/mol. The molecule has 1 aromatic carbocycles. The number of nitrogens with one attached hydrogen (secondary N) is 2. The third-order valence-electron chi connectivity index (χ3n) is 5.40. The highest BCUT2D eigenvalue weighted by molar-refractivity contribution is 6.03. The summed E-state index contributed by atoms with van der Waals surface area (Å²) in [6, 6.07) is 10.1. The molecule has 162 valence electrons. The van der Waals surface area contributed by atoms with E-state index in [1.165, 1.54) is 25.3 Å². The minimum Gasteiger partial charge on any atom is -0.459 e. The van der Waals surface area contributed by atoms with Gasteiger partial charge in [-0.25, -0.2) is 4.79 Å². The number of benzene rings is 1. The van der Waals surface area contributed by atoms with Crippen LogP contribution < -0.4 is 10.6 Å². The van der Waals surface area contributed by atoms with Crippen LogP contribution in [0.25, 0.3) is 0 Å². The fourth-order valence-electron chi connectivity index (χ4n) is 3.51. The summed E-state index contributed by atoms with van der Waals surface area (Å²) >= 11 is 0. The highest BCUT2D eigenvalue weighted by Gasteiger charge is 2.35. The number of nitriles is 1. The maximum Gasteiger partial charge on any atom is 0.338 e. The Balaban J connectivity index is 1.65. The monoisotopic (exact) mass is 423 g/mol. The first kappa shape index (κ1) is 22.1. The average Bonchev–Trinajstić information content (AvgIpc) is 3.31. The molecule has 1 saturated carbocycles. The number of carbonyl (C=O) groups excluding carboxylic acids is 3. The number of carbonyl (C=O) groups is 3. The lowest BCUT2D eigenvalue weighted by molar-refractivity contribution is -0.130. The zero-order valence-electron chi connectivity index (χ0n) is 17.6. The Hall–Kier alpha value is -3.60.